The van der Waals surface area contributed by atoms with E-state index in [1.165, 1.54) is 0 Å². The molecule has 0 fully saturated rings. The average Bonchev–Trinajstić information content (AvgIpc) is 2.18. The first-order valence-electron chi connectivity index (χ1n) is 4.44. The van der Waals surface area contributed by atoms with E-state index in [0.717, 1.165) is 5.56 Å². The Hall–Kier alpha value is -0.280. The number of benzene rings is 1. The van der Waals surface area contributed by atoms with Crippen molar-refractivity contribution in [2.75, 3.05) is 13.2 Å². The minimum atomic E-state index is 0.0911. The largest absolute Gasteiger partial charge is 0.395 e. The highest BCUT2D eigenvalue weighted by Gasteiger charge is 2.08. The van der Waals surface area contributed by atoms with E-state index in [9.17, 15) is 0 Å². The molecular formula is C10H13Cl2NO. The summed E-state index contributed by atoms with van der Waals surface area (Å²) in [5.74, 6) is 0. The number of halogens is 2. The van der Waals surface area contributed by atoms with Crippen molar-refractivity contribution in [3.05, 3.63) is 33.8 Å². The lowest BCUT2D eigenvalue weighted by molar-refractivity contribution is 0.286. The molecule has 1 aromatic carbocycles. The summed E-state index contributed by atoms with van der Waals surface area (Å²) in [5.41, 5.74) is 0.951. The second-order valence-corrected chi connectivity index (χ2v) is 3.91. The second-order valence-electron chi connectivity index (χ2n) is 3.07. The Morgan fingerprint density at radius 1 is 1.43 bits per heavy atom. The molecular weight excluding hydrogens is 221 g/mol. The molecule has 1 rings (SSSR count). The Bertz CT molecular complexity index is 304. The molecule has 1 aromatic rings. The van der Waals surface area contributed by atoms with E-state index in [1.54, 1.807) is 12.1 Å². The third-order valence-electron chi connectivity index (χ3n) is 1.99. The third-order valence-corrected chi connectivity index (χ3v) is 2.57. The summed E-state index contributed by atoms with van der Waals surface area (Å²) in [6, 6.07) is 5.45. The normalized spacial score (nSPS) is 12.9. The molecule has 0 aliphatic carbocycles. The lowest BCUT2D eigenvalue weighted by Crippen LogP contribution is -2.22. The maximum absolute atomic E-state index is 8.66. The lowest BCUT2D eigenvalue weighted by atomic mass is 10.1. The number of rotatable bonds is 4. The number of nitrogens with one attached hydrogen (secondary N) is 1. The fraction of sp³-hybridized carbons (Fsp3) is 0.400. The zero-order valence-electron chi connectivity index (χ0n) is 7.93. The first kappa shape index (κ1) is 11.8. The van der Waals surface area contributed by atoms with Gasteiger partial charge in [-0.15, -0.1) is 0 Å². The smallest absolute Gasteiger partial charge is 0.0556 e. The molecule has 14 heavy (non-hydrogen) atoms. The van der Waals surface area contributed by atoms with E-state index in [0.29, 0.717) is 16.6 Å². The van der Waals surface area contributed by atoms with Gasteiger partial charge >= 0.3 is 0 Å². The molecule has 2 N–H and O–H groups in total. The van der Waals surface area contributed by atoms with Crippen molar-refractivity contribution < 1.29 is 5.11 Å². The van der Waals surface area contributed by atoms with Crippen LogP contribution in [-0.2, 0) is 0 Å². The van der Waals surface area contributed by atoms with Crippen LogP contribution in [0.4, 0.5) is 0 Å². The van der Waals surface area contributed by atoms with Crippen LogP contribution in [0.15, 0.2) is 18.2 Å². The summed E-state index contributed by atoms with van der Waals surface area (Å²) in [6.07, 6.45) is 0. The van der Waals surface area contributed by atoms with Gasteiger partial charge in [0.15, 0.2) is 0 Å². The highest BCUT2D eigenvalue weighted by Crippen LogP contribution is 2.25. The van der Waals surface area contributed by atoms with Crippen LogP contribution in [0.2, 0.25) is 10.0 Å². The van der Waals surface area contributed by atoms with Gasteiger partial charge in [0.05, 0.1) is 6.61 Å². The van der Waals surface area contributed by atoms with Gasteiger partial charge in [0.2, 0.25) is 0 Å². The van der Waals surface area contributed by atoms with Crippen LogP contribution >= 0.6 is 23.2 Å². The van der Waals surface area contributed by atoms with Gasteiger partial charge in [-0.2, -0.15) is 0 Å². The molecule has 0 heterocycles. The Morgan fingerprint density at radius 2 is 2.14 bits per heavy atom. The van der Waals surface area contributed by atoms with Crippen LogP contribution < -0.4 is 5.32 Å². The second kappa shape index (κ2) is 5.56. The van der Waals surface area contributed by atoms with Crippen molar-refractivity contribution in [1.29, 1.82) is 0 Å². The number of aliphatic hydroxyl groups is 1. The zero-order chi connectivity index (χ0) is 10.6. The zero-order valence-corrected chi connectivity index (χ0v) is 9.44. The summed E-state index contributed by atoms with van der Waals surface area (Å²) in [7, 11) is 0. The van der Waals surface area contributed by atoms with Crippen molar-refractivity contribution in [1.82, 2.24) is 5.32 Å². The lowest BCUT2D eigenvalue weighted by Gasteiger charge is -2.15. The molecule has 0 saturated carbocycles. The minimum absolute atomic E-state index is 0.0911. The summed E-state index contributed by atoms with van der Waals surface area (Å²) >= 11 is 11.9. The predicted octanol–water partition coefficient (Wildman–Crippen LogP) is 2.64. The maximum atomic E-state index is 8.66. The Balaban J connectivity index is 2.77. The van der Waals surface area contributed by atoms with Gasteiger partial charge in [0, 0.05) is 22.6 Å². The van der Waals surface area contributed by atoms with Gasteiger partial charge < -0.3 is 10.4 Å². The standard InChI is InChI=1S/C10H13Cl2NO/c1-7(13-4-5-14)9-6-8(11)2-3-10(9)12/h2-3,6-7,13-14H,4-5H2,1H3/t7-/m1/s1. The predicted molar refractivity (Wildman–Crippen MR) is 60.0 cm³/mol. The highest BCUT2D eigenvalue weighted by atomic mass is 35.5. The van der Waals surface area contributed by atoms with E-state index in [4.69, 9.17) is 28.3 Å². The molecule has 78 valence electrons. The quantitative estimate of drug-likeness (QED) is 0.839. The molecule has 0 radical (unpaired) electrons. The van der Waals surface area contributed by atoms with Crippen molar-refractivity contribution >= 4 is 23.2 Å². The molecule has 0 bridgehead atoms. The molecule has 0 amide bonds. The average molecular weight is 234 g/mol. The fourth-order valence-electron chi connectivity index (χ4n) is 1.24. The van der Waals surface area contributed by atoms with Crippen LogP contribution in [0.25, 0.3) is 0 Å². The molecule has 2 nitrogen and oxygen atoms in total. The Morgan fingerprint density at radius 3 is 2.79 bits per heavy atom. The van der Waals surface area contributed by atoms with Crippen LogP contribution in [0.1, 0.15) is 18.5 Å². The van der Waals surface area contributed by atoms with Gasteiger partial charge in [-0.25, -0.2) is 0 Å². The first-order valence-corrected chi connectivity index (χ1v) is 5.20. The summed E-state index contributed by atoms with van der Waals surface area (Å²) in [5, 5.41) is 13.1. The maximum Gasteiger partial charge on any atom is 0.0556 e. The van der Waals surface area contributed by atoms with E-state index < -0.39 is 0 Å². The number of hydrogen-bond acceptors (Lipinski definition) is 2. The van der Waals surface area contributed by atoms with Crippen molar-refractivity contribution in [2.45, 2.75) is 13.0 Å². The van der Waals surface area contributed by atoms with Crippen LogP contribution in [0.5, 0.6) is 0 Å². The van der Waals surface area contributed by atoms with Gasteiger partial charge in [0.25, 0.3) is 0 Å². The van der Waals surface area contributed by atoms with E-state index in [2.05, 4.69) is 5.32 Å². The highest BCUT2D eigenvalue weighted by molar-refractivity contribution is 6.33. The van der Waals surface area contributed by atoms with Crippen LogP contribution in [0.3, 0.4) is 0 Å². The minimum Gasteiger partial charge on any atom is -0.395 e. The van der Waals surface area contributed by atoms with Crippen LogP contribution in [-0.4, -0.2) is 18.3 Å². The molecule has 1 atom stereocenters. The molecule has 0 aliphatic rings. The molecule has 0 aromatic heterocycles. The summed E-state index contributed by atoms with van der Waals surface area (Å²) in [4.78, 5) is 0. The molecule has 0 spiro atoms. The Labute approximate surface area is 93.8 Å². The molecule has 0 aliphatic heterocycles. The third kappa shape index (κ3) is 3.14. The number of aliphatic hydroxyl groups excluding tert-OH is 1. The van der Waals surface area contributed by atoms with Gasteiger partial charge in [-0.1, -0.05) is 23.2 Å². The molecule has 0 saturated heterocycles. The summed E-state index contributed by atoms with van der Waals surface area (Å²) < 4.78 is 0. The SMILES string of the molecule is C[C@@H](NCCO)c1cc(Cl)ccc1Cl. The monoisotopic (exact) mass is 233 g/mol. The molecule has 4 heteroatoms. The van der Waals surface area contributed by atoms with Gasteiger partial charge in [0.1, 0.15) is 0 Å². The van der Waals surface area contributed by atoms with Gasteiger partial charge in [-0.3, -0.25) is 0 Å². The molecule has 0 unspecified atom stereocenters. The van der Waals surface area contributed by atoms with Crippen molar-refractivity contribution in [3.8, 4) is 0 Å². The Kier molecular flexibility index (Phi) is 4.69. The van der Waals surface area contributed by atoms with E-state index >= 15 is 0 Å². The van der Waals surface area contributed by atoms with Crippen LogP contribution in [0, 0.1) is 0 Å². The van der Waals surface area contributed by atoms with Gasteiger partial charge in [-0.05, 0) is 30.7 Å². The van der Waals surface area contributed by atoms with E-state index in [1.807, 2.05) is 13.0 Å². The van der Waals surface area contributed by atoms with Crippen molar-refractivity contribution in [3.63, 3.8) is 0 Å². The topological polar surface area (TPSA) is 32.3 Å². The fourth-order valence-corrected chi connectivity index (χ4v) is 1.70. The van der Waals surface area contributed by atoms with E-state index in [-0.39, 0.29) is 12.6 Å². The van der Waals surface area contributed by atoms with Crippen molar-refractivity contribution in [2.24, 2.45) is 0 Å². The summed E-state index contributed by atoms with van der Waals surface area (Å²) in [6.45, 7) is 2.64. The number of hydrogen-bond donors (Lipinski definition) is 2. The first-order chi connectivity index (χ1) is 6.65.